The van der Waals surface area contributed by atoms with Gasteiger partial charge in [0.25, 0.3) is 0 Å². The van der Waals surface area contributed by atoms with Crippen LogP contribution in [0.5, 0.6) is 0 Å². The van der Waals surface area contributed by atoms with E-state index in [1.54, 1.807) is 0 Å². The predicted molar refractivity (Wildman–Crippen MR) is 65.4 cm³/mol. The molecule has 0 aliphatic carbocycles. The van der Waals surface area contributed by atoms with Crippen LogP contribution in [-0.4, -0.2) is 25.0 Å². The van der Waals surface area contributed by atoms with Crippen molar-refractivity contribution in [2.24, 2.45) is 0 Å². The summed E-state index contributed by atoms with van der Waals surface area (Å²) in [5.74, 6) is 0. The average Bonchev–Trinajstić information content (AvgIpc) is 2.24. The number of alkyl halides is 3. The van der Waals surface area contributed by atoms with Crippen molar-refractivity contribution in [1.82, 2.24) is 0 Å². The summed E-state index contributed by atoms with van der Waals surface area (Å²) in [6.07, 6.45) is -4.84. The minimum absolute atomic E-state index is 0.186. The van der Waals surface area contributed by atoms with Crippen LogP contribution in [0.25, 0.3) is 0 Å². The average molecular weight is 296 g/mol. The van der Waals surface area contributed by atoms with Crippen LogP contribution in [0, 0.1) is 6.92 Å². The predicted octanol–water partition coefficient (Wildman–Crippen LogP) is 2.48. The van der Waals surface area contributed by atoms with E-state index in [1.165, 1.54) is 13.8 Å². The molecule has 1 rings (SSSR count). The van der Waals surface area contributed by atoms with Gasteiger partial charge >= 0.3 is 6.18 Å². The molecule has 0 aliphatic heterocycles. The molecule has 2 unspecified atom stereocenters. The molecule has 19 heavy (non-hydrogen) atoms. The first-order chi connectivity index (χ1) is 8.44. The van der Waals surface area contributed by atoms with Crippen molar-refractivity contribution < 1.29 is 26.7 Å². The molecule has 1 aromatic carbocycles. The highest BCUT2D eigenvalue weighted by molar-refractivity contribution is 7.91. The number of hydrogen-bond donors (Lipinski definition) is 1. The molecule has 0 amide bonds. The summed E-state index contributed by atoms with van der Waals surface area (Å²) in [5, 5.41) is 8.86. The van der Waals surface area contributed by atoms with E-state index in [-0.39, 0.29) is 11.1 Å². The molecule has 108 valence electrons. The zero-order valence-electron chi connectivity index (χ0n) is 10.7. The number of aryl methyl sites for hydroxylation is 1. The third-order valence-electron chi connectivity index (χ3n) is 3.04. The van der Waals surface area contributed by atoms with Crippen molar-refractivity contribution in [3.8, 4) is 0 Å². The van der Waals surface area contributed by atoms with E-state index < -0.39 is 32.9 Å². The lowest BCUT2D eigenvalue weighted by Crippen LogP contribution is -2.25. The van der Waals surface area contributed by atoms with Crippen LogP contribution in [0.15, 0.2) is 18.2 Å². The fourth-order valence-electron chi connectivity index (χ4n) is 1.67. The molecule has 0 aromatic heterocycles. The summed E-state index contributed by atoms with van der Waals surface area (Å²) in [4.78, 5) is 0. The standard InChI is InChI=1S/C12H15F3O3S/c1-7-6-9(12(13,14)15)4-5-10(7)11(16)8(2)19(3,17)18/h4-6,8,11,16H,1-3H3. The lowest BCUT2D eigenvalue weighted by Gasteiger charge is -2.20. The number of rotatable bonds is 3. The van der Waals surface area contributed by atoms with Crippen molar-refractivity contribution in [2.75, 3.05) is 6.26 Å². The minimum Gasteiger partial charge on any atom is -0.387 e. The second-order valence-corrected chi connectivity index (χ2v) is 6.95. The molecular weight excluding hydrogens is 281 g/mol. The number of benzene rings is 1. The maximum Gasteiger partial charge on any atom is 0.416 e. The number of aliphatic hydroxyl groups is 1. The van der Waals surface area contributed by atoms with Gasteiger partial charge in [-0.05, 0) is 37.1 Å². The van der Waals surface area contributed by atoms with E-state index in [1.807, 2.05) is 0 Å². The lowest BCUT2D eigenvalue weighted by atomic mass is 9.99. The molecule has 1 N–H and O–H groups in total. The van der Waals surface area contributed by atoms with Gasteiger partial charge in [-0.1, -0.05) is 6.07 Å². The Kier molecular flexibility index (Phi) is 4.31. The fraction of sp³-hybridized carbons (Fsp3) is 0.500. The summed E-state index contributed by atoms with van der Waals surface area (Å²) in [6, 6.07) is 2.85. The van der Waals surface area contributed by atoms with E-state index in [0.717, 1.165) is 24.5 Å². The number of sulfone groups is 1. The van der Waals surface area contributed by atoms with E-state index in [0.29, 0.717) is 0 Å². The summed E-state index contributed by atoms with van der Waals surface area (Å²) >= 11 is 0. The zero-order chi connectivity index (χ0) is 15.0. The van der Waals surface area contributed by atoms with Crippen LogP contribution in [0.1, 0.15) is 29.7 Å². The van der Waals surface area contributed by atoms with Crippen LogP contribution in [0.4, 0.5) is 13.2 Å². The Hall–Kier alpha value is -1.08. The topological polar surface area (TPSA) is 54.4 Å². The monoisotopic (exact) mass is 296 g/mol. The van der Waals surface area contributed by atoms with E-state index in [9.17, 15) is 26.7 Å². The molecule has 0 heterocycles. The van der Waals surface area contributed by atoms with Crippen molar-refractivity contribution in [1.29, 1.82) is 0 Å². The Bertz CT molecular complexity index is 564. The third-order valence-corrected chi connectivity index (χ3v) is 4.64. The highest BCUT2D eigenvalue weighted by atomic mass is 32.2. The fourth-order valence-corrected chi connectivity index (χ4v) is 2.29. The Labute approximate surface area is 110 Å². The Morgan fingerprint density at radius 1 is 1.26 bits per heavy atom. The highest BCUT2D eigenvalue weighted by Crippen LogP contribution is 2.32. The first-order valence-electron chi connectivity index (χ1n) is 5.49. The van der Waals surface area contributed by atoms with Gasteiger partial charge in [0, 0.05) is 6.26 Å². The van der Waals surface area contributed by atoms with Gasteiger partial charge in [-0.25, -0.2) is 8.42 Å². The van der Waals surface area contributed by atoms with Crippen molar-refractivity contribution >= 4 is 9.84 Å². The van der Waals surface area contributed by atoms with E-state index in [4.69, 9.17) is 0 Å². The van der Waals surface area contributed by atoms with Gasteiger partial charge in [-0.3, -0.25) is 0 Å². The van der Waals surface area contributed by atoms with E-state index >= 15 is 0 Å². The van der Waals surface area contributed by atoms with Gasteiger partial charge in [0.15, 0.2) is 9.84 Å². The van der Waals surface area contributed by atoms with Gasteiger partial charge in [-0.2, -0.15) is 13.2 Å². The SMILES string of the molecule is Cc1cc(C(F)(F)F)ccc1C(O)C(C)S(C)(=O)=O. The molecule has 0 bridgehead atoms. The smallest absolute Gasteiger partial charge is 0.387 e. The maximum absolute atomic E-state index is 12.5. The largest absolute Gasteiger partial charge is 0.416 e. The molecule has 0 fully saturated rings. The molecule has 2 atom stereocenters. The van der Waals surface area contributed by atoms with Crippen molar-refractivity contribution in [3.05, 3.63) is 34.9 Å². The molecule has 0 radical (unpaired) electrons. The third kappa shape index (κ3) is 3.70. The number of hydrogen-bond acceptors (Lipinski definition) is 3. The lowest BCUT2D eigenvalue weighted by molar-refractivity contribution is -0.137. The molecule has 0 aliphatic rings. The molecule has 0 saturated heterocycles. The molecule has 0 spiro atoms. The highest BCUT2D eigenvalue weighted by Gasteiger charge is 2.32. The van der Waals surface area contributed by atoms with Crippen LogP contribution in [0.3, 0.4) is 0 Å². The molecule has 1 aromatic rings. The second kappa shape index (κ2) is 5.13. The maximum atomic E-state index is 12.5. The van der Waals surface area contributed by atoms with Crippen LogP contribution in [-0.2, 0) is 16.0 Å². The van der Waals surface area contributed by atoms with Gasteiger partial charge < -0.3 is 5.11 Å². The van der Waals surface area contributed by atoms with Gasteiger partial charge in [0.1, 0.15) is 0 Å². The summed E-state index contributed by atoms with van der Waals surface area (Å²) in [5.41, 5.74) is -0.434. The van der Waals surface area contributed by atoms with Gasteiger partial charge in [0.2, 0.25) is 0 Å². The van der Waals surface area contributed by atoms with Crippen molar-refractivity contribution in [3.63, 3.8) is 0 Å². The quantitative estimate of drug-likeness (QED) is 0.932. The number of halogens is 3. The van der Waals surface area contributed by atoms with Gasteiger partial charge in [0.05, 0.1) is 16.9 Å². The van der Waals surface area contributed by atoms with E-state index in [2.05, 4.69) is 0 Å². The first kappa shape index (κ1) is 16.0. The Morgan fingerprint density at radius 2 is 1.79 bits per heavy atom. The Balaban J connectivity index is 3.17. The normalized spacial score (nSPS) is 16.2. The minimum atomic E-state index is -4.46. The summed E-state index contributed by atoms with van der Waals surface area (Å²) in [6.45, 7) is 2.72. The molecular formula is C12H15F3O3S. The molecule has 7 heteroatoms. The van der Waals surface area contributed by atoms with Crippen molar-refractivity contribution in [2.45, 2.75) is 31.4 Å². The van der Waals surface area contributed by atoms with Crippen LogP contribution in [0.2, 0.25) is 0 Å². The summed E-state index contributed by atoms with van der Waals surface area (Å²) < 4.78 is 60.2. The molecule has 3 nitrogen and oxygen atoms in total. The molecule has 0 saturated carbocycles. The first-order valence-corrected chi connectivity index (χ1v) is 7.44. The Morgan fingerprint density at radius 3 is 2.16 bits per heavy atom. The summed E-state index contributed by atoms with van der Waals surface area (Å²) in [7, 11) is -3.48. The van der Waals surface area contributed by atoms with Crippen LogP contribution < -0.4 is 0 Å². The van der Waals surface area contributed by atoms with Gasteiger partial charge in [-0.15, -0.1) is 0 Å². The number of aliphatic hydroxyl groups excluding tert-OH is 1. The van der Waals surface area contributed by atoms with Crippen LogP contribution >= 0.6 is 0 Å². The second-order valence-electron chi connectivity index (χ2n) is 4.55. The zero-order valence-corrected chi connectivity index (χ0v) is 11.5.